The first-order valence-electron chi connectivity index (χ1n) is 10.9. The third-order valence-electron chi connectivity index (χ3n) is 5.53. The van der Waals surface area contributed by atoms with Crippen LogP contribution in [-0.4, -0.2) is 50.8 Å². The zero-order valence-electron chi connectivity index (χ0n) is 18.7. The van der Waals surface area contributed by atoms with Crippen molar-refractivity contribution in [3.8, 4) is 0 Å². The molecule has 2 N–H and O–H groups in total. The molecule has 0 unspecified atom stereocenters. The fourth-order valence-corrected chi connectivity index (χ4v) is 6.94. The number of rotatable bonds is 11. The zero-order valence-corrected chi connectivity index (χ0v) is 21.8. The van der Waals surface area contributed by atoms with E-state index in [1.807, 2.05) is 6.08 Å². The van der Waals surface area contributed by atoms with E-state index in [0.717, 1.165) is 0 Å². The Kier molecular flexibility index (Phi) is 9.36. The maximum atomic E-state index is 13.4. The van der Waals surface area contributed by atoms with Crippen LogP contribution >= 0.6 is 23.2 Å². The normalized spacial score (nSPS) is 19.4. The van der Waals surface area contributed by atoms with E-state index in [-0.39, 0.29) is 29.2 Å². The van der Waals surface area contributed by atoms with Gasteiger partial charge in [0.25, 0.3) is 0 Å². The predicted molar refractivity (Wildman–Crippen MR) is 135 cm³/mol. The monoisotopic (exact) mass is 560 g/mol. The van der Waals surface area contributed by atoms with Crippen molar-refractivity contribution in [2.45, 2.75) is 54.0 Å². The molecule has 1 saturated heterocycles. The smallest absolute Gasteiger partial charge is 0.303 e. The van der Waals surface area contributed by atoms with Gasteiger partial charge in [-0.25, -0.2) is 21.6 Å². The van der Waals surface area contributed by atoms with Gasteiger partial charge in [-0.1, -0.05) is 35.4 Å². The van der Waals surface area contributed by atoms with Gasteiger partial charge in [0.15, 0.2) is 0 Å². The molecule has 3 rings (SSSR count). The van der Waals surface area contributed by atoms with Crippen molar-refractivity contribution >= 4 is 49.2 Å². The molecule has 0 radical (unpaired) electrons. The van der Waals surface area contributed by atoms with Gasteiger partial charge in [0.05, 0.1) is 9.79 Å². The lowest BCUT2D eigenvalue weighted by molar-refractivity contribution is -0.137. The number of carbonyl (C=O) groups is 1. The molecule has 1 aliphatic rings. The summed E-state index contributed by atoms with van der Waals surface area (Å²) in [6, 6.07) is 10.3. The molecule has 12 heteroatoms. The van der Waals surface area contributed by atoms with Gasteiger partial charge >= 0.3 is 5.97 Å². The van der Waals surface area contributed by atoms with Gasteiger partial charge in [-0.15, -0.1) is 0 Å². The molecule has 0 aliphatic carbocycles. The Hall–Kier alpha value is -1.95. The van der Waals surface area contributed by atoms with E-state index in [4.69, 9.17) is 28.3 Å². The maximum absolute atomic E-state index is 13.4. The van der Waals surface area contributed by atoms with Crippen LogP contribution in [-0.2, 0) is 24.8 Å². The van der Waals surface area contributed by atoms with E-state index in [0.29, 0.717) is 29.3 Å². The molecule has 2 atom stereocenters. The van der Waals surface area contributed by atoms with E-state index >= 15 is 0 Å². The zero-order chi connectivity index (χ0) is 25.6. The maximum Gasteiger partial charge on any atom is 0.303 e. The third kappa shape index (κ3) is 7.52. The highest BCUT2D eigenvalue weighted by Gasteiger charge is 2.40. The lowest BCUT2D eigenvalue weighted by atomic mass is 10.1. The second-order valence-electron chi connectivity index (χ2n) is 8.17. The summed E-state index contributed by atoms with van der Waals surface area (Å²) in [6.45, 7) is -0.0498. The van der Waals surface area contributed by atoms with Gasteiger partial charge in [0.1, 0.15) is 0 Å². The number of benzene rings is 2. The molecule has 0 amide bonds. The fraction of sp³-hybridized carbons (Fsp3) is 0.348. The van der Waals surface area contributed by atoms with Crippen LogP contribution in [0.2, 0.25) is 10.0 Å². The summed E-state index contributed by atoms with van der Waals surface area (Å²) < 4.78 is 56.3. The molecular formula is C23H26Cl2N2O6S2. The van der Waals surface area contributed by atoms with Crippen LogP contribution in [0.15, 0.2) is 70.5 Å². The summed E-state index contributed by atoms with van der Waals surface area (Å²) in [4.78, 5) is 10.7. The van der Waals surface area contributed by atoms with Crippen LogP contribution in [0.3, 0.4) is 0 Å². The Morgan fingerprint density at radius 2 is 1.54 bits per heavy atom. The topological polar surface area (TPSA) is 121 Å². The van der Waals surface area contributed by atoms with Crippen LogP contribution in [0, 0.1) is 0 Å². The third-order valence-corrected chi connectivity index (χ3v) is 9.48. The SMILES string of the molecule is O=C(O)CCCCC=C[C@@H]1C[C@@H](NS(=O)(=O)c2ccc(Cl)cc2)CN1S(=O)(=O)c1ccc(Cl)cc1. The first-order valence-corrected chi connectivity index (χ1v) is 14.6. The van der Waals surface area contributed by atoms with Crippen molar-refractivity contribution in [3.05, 3.63) is 70.7 Å². The fourth-order valence-electron chi connectivity index (χ4n) is 3.81. The average molecular weight is 562 g/mol. The summed E-state index contributed by atoms with van der Waals surface area (Å²) in [5.41, 5.74) is 0. The number of allylic oxidation sites excluding steroid dienone is 1. The van der Waals surface area contributed by atoms with Gasteiger partial charge in [-0.3, -0.25) is 4.79 Å². The molecule has 8 nitrogen and oxygen atoms in total. The lowest BCUT2D eigenvalue weighted by Crippen LogP contribution is -2.39. The van der Waals surface area contributed by atoms with Gasteiger partial charge in [0.2, 0.25) is 20.0 Å². The lowest BCUT2D eigenvalue weighted by Gasteiger charge is -2.22. The summed E-state index contributed by atoms with van der Waals surface area (Å²) in [5, 5.41) is 9.55. The Morgan fingerprint density at radius 1 is 0.971 bits per heavy atom. The number of carboxylic acids is 1. The minimum atomic E-state index is -3.93. The first kappa shape index (κ1) is 27.6. The summed E-state index contributed by atoms with van der Waals surface area (Å²) in [5.74, 6) is -0.860. The molecule has 190 valence electrons. The molecule has 35 heavy (non-hydrogen) atoms. The van der Waals surface area contributed by atoms with Gasteiger partial charge < -0.3 is 5.11 Å². The van der Waals surface area contributed by atoms with Crippen LogP contribution in [0.1, 0.15) is 32.1 Å². The number of carboxylic acid groups (broad SMARTS) is 1. The van der Waals surface area contributed by atoms with Crippen molar-refractivity contribution in [1.29, 1.82) is 0 Å². The second-order valence-corrected chi connectivity index (χ2v) is 12.6. The van der Waals surface area contributed by atoms with Gasteiger partial charge in [-0.05, 0) is 74.2 Å². The number of hydrogen-bond donors (Lipinski definition) is 2. The molecule has 2 aromatic rings. The number of nitrogens with zero attached hydrogens (tertiary/aromatic N) is 1. The number of halogens is 2. The van der Waals surface area contributed by atoms with Crippen molar-refractivity contribution in [3.63, 3.8) is 0 Å². The Morgan fingerprint density at radius 3 is 2.11 bits per heavy atom. The first-order chi connectivity index (χ1) is 16.5. The van der Waals surface area contributed by atoms with E-state index in [1.165, 1.54) is 52.8 Å². The van der Waals surface area contributed by atoms with E-state index in [2.05, 4.69) is 4.72 Å². The molecule has 0 spiro atoms. The molecular weight excluding hydrogens is 535 g/mol. The van der Waals surface area contributed by atoms with E-state index in [9.17, 15) is 21.6 Å². The van der Waals surface area contributed by atoms with E-state index in [1.54, 1.807) is 6.08 Å². The number of hydrogen-bond acceptors (Lipinski definition) is 5. The van der Waals surface area contributed by atoms with Crippen LogP contribution in [0.25, 0.3) is 0 Å². The summed E-state index contributed by atoms with van der Waals surface area (Å²) in [6.07, 6.45) is 5.61. The number of nitrogens with one attached hydrogen (secondary N) is 1. The molecule has 1 heterocycles. The highest BCUT2D eigenvalue weighted by Crippen LogP contribution is 2.29. The molecule has 0 aromatic heterocycles. The van der Waals surface area contributed by atoms with Gasteiger partial charge in [0, 0.05) is 35.1 Å². The number of aliphatic carboxylic acids is 1. The van der Waals surface area contributed by atoms with E-state index < -0.39 is 38.1 Å². The average Bonchev–Trinajstić information content (AvgIpc) is 3.19. The van der Waals surface area contributed by atoms with Crippen molar-refractivity contribution in [1.82, 2.24) is 9.03 Å². The summed E-state index contributed by atoms with van der Waals surface area (Å²) >= 11 is 11.8. The molecule has 2 aromatic carbocycles. The van der Waals surface area contributed by atoms with Crippen molar-refractivity contribution < 1.29 is 26.7 Å². The second kappa shape index (κ2) is 11.9. The standard InChI is InChI=1S/C23H26Cl2N2O6S2/c24-17-7-11-21(12-8-17)34(30,31)26-19-15-20(5-3-1-2-4-6-23(28)29)27(16-19)35(32,33)22-13-9-18(25)10-14-22/h3,5,7-14,19-20,26H,1-2,4,6,15-16H2,(H,28,29)/t19-,20-/m1/s1. The Labute approximate surface area is 215 Å². The molecule has 1 fully saturated rings. The Bertz CT molecular complexity index is 1260. The molecule has 0 bridgehead atoms. The predicted octanol–water partition coefficient (Wildman–Crippen LogP) is 4.30. The number of unbranched alkanes of at least 4 members (excludes halogenated alkanes) is 2. The van der Waals surface area contributed by atoms with Crippen LogP contribution in [0.5, 0.6) is 0 Å². The number of sulfonamides is 2. The summed E-state index contributed by atoms with van der Waals surface area (Å²) in [7, 11) is -7.82. The van der Waals surface area contributed by atoms with Crippen LogP contribution < -0.4 is 4.72 Å². The van der Waals surface area contributed by atoms with Crippen molar-refractivity contribution in [2.75, 3.05) is 6.54 Å². The van der Waals surface area contributed by atoms with Gasteiger partial charge in [-0.2, -0.15) is 4.31 Å². The molecule has 1 aliphatic heterocycles. The molecule has 0 saturated carbocycles. The quantitative estimate of drug-likeness (QED) is 0.312. The van der Waals surface area contributed by atoms with Crippen LogP contribution in [0.4, 0.5) is 0 Å². The minimum absolute atomic E-state index is 0.0337. The minimum Gasteiger partial charge on any atom is -0.481 e. The van der Waals surface area contributed by atoms with Crippen molar-refractivity contribution in [2.24, 2.45) is 0 Å². The largest absolute Gasteiger partial charge is 0.481 e. The highest BCUT2D eigenvalue weighted by molar-refractivity contribution is 7.89. The Balaban J connectivity index is 1.79. The highest BCUT2D eigenvalue weighted by atomic mass is 35.5.